The van der Waals surface area contributed by atoms with Gasteiger partial charge in [-0.15, -0.1) is 0 Å². The van der Waals surface area contributed by atoms with E-state index in [0.717, 1.165) is 36.1 Å². The topological polar surface area (TPSA) is 52.7 Å². The van der Waals surface area contributed by atoms with E-state index in [1.54, 1.807) is 4.90 Å². The molecule has 2 aliphatic heterocycles. The Balaban J connectivity index is 1.56. The molecule has 1 aromatic rings. The van der Waals surface area contributed by atoms with Gasteiger partial charge >= 0.3 is 0 Å². The Hall–Kier alpha value is -1.40. The number of halogens is 1. The molecule has 25 heavy (non-hydrogen) atoms. The zero-order chi connectivity index (χ0) is 18.0. The molecule has 2 heterocycles. The summed E-state index contributed by atoms with van der Waals surface area (Å²) in [6, 6.07) is 8.44. The van der Waals surface area contributed by atoms with Crippen molar-refractivity contribution in [2.45, 2.75) is 45.2 Å². The van der Waals surface area contributed by atoms with Crippen LogP contribution < -0.4 is 10.2 Å². The van der Waals surface area contributed by atoms with Crippen LogP contribution in [0.15, 0.2) is 28.7 Å². The number of nitrogens with one attached hydrogen (secondary N) is 1. The molecule has 2 saturated heterocycles. The van der Waals surface area contributed by atoms with Crippen LogP contribution in [0.1, 0.15) is 33.1 Å². The summed E-state index contributed by atoms with van der Waals surface area (Å²) in [4.78, 5) is 29.2. The first kappa shape index (κ1) is 18.4. The number of piperidine rings is 1. The van der Waals surface area contributed by atoms with Crippen LogP contribution in [-0.4, -0.2) is 48.4 Å². The molecule has 1 aromatic carbocycles. The number of hydrogen-bond donors (Lipinski definition) is 1. The largest absolute Gasteiger partial charge is 0.353 e. The van der Waals surface area contributed by atoms with Gasteiger partial charge in [-0.05, 0) is 54.8 Å². The minimum absolute atomic E-state index is 0.0154. The second-order valence-electron chi connectivity index (χ2n) is 7.27. The van der Waals surface area contributed by atoms with Crippen molar-refractivity contribution < 1.29 is 9.59 Å². The average Bonchev–Trinajstić information content (AvgIpc) is 2.97. The first-order chi connectivity index (χ1) is 12.0. The van der Waals surface area contributed by atoms with Gasteiger partial charge in [-0.2, -0.15) is 0 Å². The van der Waals surface area contributed by atoms with Gasteiger partial charge in [0, 0.05) is 42.6 Å². The molecule has 6 heteroatoms. The molecule has 1 N–H and O–H groups in total. The van der Waals surface area contributed by atoms with Crippen molar-refractivity contribution in [3.05, 3.63) is 28.7 Å². The smallest absolute Gasteiger partial charge is 0.227 e. The maximum absolute atomic E-state index is 12.6. The number of carbonyl (C=O) groups is 2. The molecule has 5 nitrogen and oxygen atoms in total. The summed E-state index contributed by atoms with van der Waals surface area (Å²) < 4.78 is 0.880. The quantitative estimate of drug-likeness (QED) is 0.834. The van der Waals surface area contributed by atoms with Gasteiger partial charge in [0.15, 0.2) is 0 Å². The Labute approximate surface area is 157 Å². The van der Waals surface area contributed by atoms with Crippen LogP contribution in [0.25, 0.3) is 0 Å². The van der Waals surface area contributed by atoms with Crippen LogP contribution in [0, 0.1) is 5.92 Å². The lowest BCUT2D eigenvalue weighted by Gasteiger charge is -2.35. The van der Waals surface area contributed by atoms with Crippen LogP contribution in [0.4, 0.5) is 5.69 Å². The number of rotatable bonds is 4. The predicted molar refractivity (Wildman–Crippen MR) is 102 cm³/mol. The van der Waals surface area contributed by atoms with Gasteiger partial charge in [-0.25, -0.2) is 0 Å². The molecule has 0 saturated carbocycles. The molecule has 1 atom stereocenters. The van der Waals surface area contributed by atoms with Gasteiger partial charge in [-0.3, -0.25) is 9.59 Å². The van der Waals surface area contributed by atoms with E-state index in [0.29, 0.717) is 12.6 Å². The van der Waals surface area contributed by atoms with Crippen molar-refractivity contribution in [1.29, 1.82) is 0 Å². The van der Waals surface area contributed by atoms with Crippen LogP contribution in [0.3, 0.4) is 0 Å². The number of nitrogens with zero attached hydrogens (tertiary/aromatic N) is 2. The predicted octanol–water partition coefficient (Wildman–Crippen LogP) is 2.79. The molecule has 2 amide bonds. The Morgan fingerprint density at radius 2 is 1.92 bits per heavy atom. The SMILES string of the molecule is CC(C)N1CCC(NC(=O)[C@H]2CC(=O)N(c3ccccc3Br)C2)CC1. The lowest BCUT2D eigenvalue weighted by Crippen LogP contribution is -2.48. The van der Waals surface area contributed by atoms with E-state index in [4.69, 9.17) is 0 Å². The number of benzene rings is 1. The normalized spacial score (nSPS) is 22.6. The van der Waals surface area contributed by atoms with Crippen LogP contribution in [0.2, 0.25) is 0 Å². The Morgan fingerprint density at radius 1 is 1.24 bits per heavy atom. The molecule has 0 spiro atoms. The first-order valence-corrected chi connectivity index (χ1v) is 9.84. The minimum atomic E-state index is -0.261. The average molecular weight is 408 g/mol. The molecule has 2 aliphatic rings. The van der Waals surface area contributed by atoms with E-state index < -0.39 is 0 Å². The van der Waals surface area contributed by atoms with E-state index in [-0.39, 0.29) is 30.2 Å². The molecule has 0 aromatic heterocycles. The summed E-state index contributed by atoms with van der Waals surface area (Å²) in [5, 5.41) is 3.17. The zero-order valence-corrected chi connectivity index (χ0v) is 16.5. The molecule has 3 rings (SSSR count). The van der Waals surface area contributed by atoms with Gasteiger partial charge in [0.05, 0.1) is 11.6 Å². The van der Waals surface area contributed by atoms with E-state index in [9.17, 15) is 9.59 Å². The molecule has 0 bridgehead atoms. The molecular weight excluding hydrogens is 382 g/mol. The van der Waals surface area contributed by atoms with Crippen LogP contribution >= 0.6 is 15.9 Å². The highest BCUT2D eigenvalue weighted by molar-refractivity contribution is 9.10. The Bertz CT molecular complexity index is 641. The third kappa shape index (κ3) is 4.23. The van der Waals surface area contributed by atoms with Gasteiger partial charge in [0.2, 0.25) is 11.8 Å². The summed E-state index contributed by atoms with van der Waals surface area (Å²) >= 11 is 3.49. The van der Waals surface area contributed by atoms with Gasteiger partial charge in [-0.1, -0.05) is 12.1 Å². The zero-order valence-electron chi connectivity index (χ0n) is 14.9. The summed E-state index contributed by atoms with van der Waals surface area (Å²) in [6.07, 6.45) is 2.26. The molecule has 0 unspecified atom stereocenters. The number of anilines is 1. The molecule has 0 aliphatic carbocycles. The van der Waals surface area contributed by atoms with Crippen molar-refractivity contribution in [1.82, 2.24) is 10.2 Å². The Kier molecular flexibility index (Phi) is 5.79. The molecule has 2 fully saturated rings. The van der Waals surface area contributed by atoms with Crippen molar-refractivity contribution >= 4 is 33.4 Å². The number of amides is 2. The fraction of sp³-hybridized carbons (Fsp3) is 0.579. The van der Waals surface area contributed by atoms with Gasteiger partial charge in [0.25, 0.3) is 0 Å². The van der Waals surface area contributed by atoms with Crippen molar-refractivity contribution in [2.24, 2.45) is 5.92 Å². The van der Waals surface area contributed by atoms with Crippen molar-refractivity contribution in [3.8, 4) is 0 Å². The third-order valence-corrected chi connectivity index (χ3v) is 5.92. The molecule has 136 valence electrons. The van der Waals surface area contributed by atoms with E-state index in [1.165, 1.54) is 0 Å². The van der Waals surface area contributed by atoms with E-state index >= 15 is 0 Å². The Morgan fingerprint density at radius 3 is 2.56 bits per heavy atom. The summed E-state index contributed by atoms with van der Waals surface area (Å²) in [5.74, 6) is -0.227. The summed E-state index contributed by atoms with van der Waals surface area (Å²) in [5.41, 5.74) is 0.841. The molecular formula is C19H26BrN3O2. The van der Waals surface area contributed by atoms with Crippen LogP contribution in [0.5, 0.6) is 0 Å². The standard InChI is InChI=1S/C19H26BrN3O2/c1-13(2)22-9-7-15(8-10-22)21-19(25)14-11-18(24)23(12-14)17-6-4-3-5-16(17)20/h3-6,13-15H,7-12H2,1-2H3,(H,21,25)/t14-/m0/s1. The number of carbonyl (C=O) groups excluding carboxylic acids is 2. The monoisotopic (exact) mass is 407 g/mol. The highest BCUT2D eigenvalue weighted by Crippen LogP contribution is 2.31. The lowest BCUT2D eigenvalue weighted by atomic mass is 10.0. The number of hydrogen-bond acceptors (Lipinski definition) is 3. The lowest BCUT2D eigenvalue weighted by molar-refractivity contribution is -0.127. The maximum Gasteiger partial charge on any atom is 0.227 e. The van der Waals surface area contributed by atoms with Crippen LogP contribution in [-0.2, 0) is 9.59 Å². The van der Waals surface area contributed by atoms with Crippen molar-refractivity contribution in [3.63, 3.8) is 0 Å². The van der Waals surface area contributed by atoms with Gasteiger partial charge < -0.3 is 15.1 Å². The van der Waals surface area contributed by atoms with E-state index in [1.807, 2.05) is 24.3 Å². The van der Waals surface area contributed by atoms with Gasteiger partial charge in [0.1, 0.15) is 0 Å². The summed E-state index contributed by atoms with van der Waals surface area (Å²) in [7, 11) is 0. The first-order valence-electron chi connectivity index (χ1n) is 9.05. The second-order valence-corrected chi connectivity index (χ2v) is 8.12. The maximum atomic E-state index is 12.6. The van der Waals surface area contributed by atoms with E-state index in [2.05, 4.69) is 40.0 Å². The third-order valence-electron chi connectivity index (χ3n) is 5.25. The summed E-state index contributed by atoms with van der Waals surface area (Å²) in [6.45, 7) is 6.92. The fourth-order valence-electron chi connectivity index (χ4n) is 3.67. The highest BCUT2D eigenvalue weighted by Gasteiger charge is 2.36. The minimum Gasteiger partial charge on any atom is -0.353 e. The highest BCUT2D eigenvalue weighted by atomic mass is 79.9. The number of likely N-dealkylation sites (tertiary alicyclic amines) is 1. The molecule has 0 radical (unpaired) electrons. The fourth-order valence-corrected chi connectivity index (χ4v) is 4.16. The van der Waals surface area contributed by atoms with Crippen molar-refractivity contribution in [2.75, 3.05) is 24.5 Å². The second kappa shape index (κ2) is 7.87. The number of para-hydroxylation sites is 1.